The van der Waals surface area contributed by atoms with Crippen molar-refractivity contribution in [3.63, 3.8) is 0 Å². The van der Waals surface area contributed by atoms with Crippen molar-refractivity contribution < 1.29 is 18.7 Å². The van der Waals surface area contributed by atoms with Gasteiger partial charge in [-0.2, -0.15) is 0 Å². The van der Waals surface area contributed by atoms with Crippen LogP contribution in [0, 0.1) is 0 Å². The van der Waals surface area contributed by atoms with E-state index in [0.717, 1.165) is 23.3 Å². The summed E-state index contributed by atoms with van der Waals surface area (Å²) < 4.78 is 10.6. The Balaban J connectivity index is 1.48. The first-order valence-corrected chi connectivity index (χ1v) is 8.16. The van der Waals surface area contributed by atoms with Gasteiger partial charge in [0.2, 0.25) is 11.8 Å². The number of amides is 2. The molecule has 130 valence electrons. The van der Waals surface area contributed by atoms with Gasteiger partial charge in [0.05, 0.1) is 19.4 Å². The van der Waals surface area contributed by atoms with Crippen molar-refractivity contribution in [2.75, 3.05) is 6.61 Å². The number of hydrogen-bond donors (Lipinski definition) is 2. The van der Waals surface area contributed by atoms with Crippen molar-refractivity contribution in [2.45, 2.75) is 25.9 Å². The summed E-state index contributed by atoms with van der Waals surface area (Å²) in [6.07, 6.45) is 5.58. The third-order valence-corrected chi connectivity index (χ3v) is 3.91. The predicted molar refractivity (Wildman–Crippen MR) is 92.8 cm³/mol. The molecular weight excluding hydrogens is 320 g/mol. The van der Waals surface area contributed by atoms with Gasteiger partial charge in [0, 0.05) is 12.5 Å². The lowest BCUT2D eigenvalue weighted by Gasteiger charge is -2.12. The Bertz CT molecular complexity index is 781. The van der Waals surface area contributed by atoms with E-state index >= 15 is 0 Å². The lowest BCUT2D eigenvalue weighted by Crippen LogP contribution is -2.44. The topological polar surface area (TPSA) is 80.6 Å². The molecule has 1 aliphatic heterocycles. The van der Waals surface area contributed by atoms with Gasteiger partial charge >= 0.3 is 0 Å². The van der Waals surface area contributed by atoms with E-state index in [1.807, 2.05) is 18.2 Å². The second-order valence-electron chi connectivity index (χ2n) is 5.83. The SMILES string of the molecule is CC(NC(=O)C=Cc1ccc2c(c1)CCO2)C(=O)NCc1ccco1. The number of ether oxygens (including phenoxy) is 1. The van der Waals surface area contributed by atoms with E-state index in [1.165, 1.54) is 6.08 Å². The molecule has 6 heteroatoms. The lowest BCUT2D eigenvalue weighted by molar-refractivity contribution is -0.126. The van der Waals surface area contributed by atoms with Crippen LogP contribution in [0.1, 0.15) is 23.8 Å². The first-order valence-electron chi connectivity index (χ1n) is 8.16. The second kappa shape index (κ2) is 7.70. The molecule has 3 rings (SSSR count). The van der Waals surface area contributed by atoms with E-state index < -0.39 is 6.04 Å². The first kappa shape index (κ1) is 16.8. The molecule has 0 saturated heterocycles. The van der Waals surface area contributed by atoms with Gasteiger partial charge in [-0.3, -0.25) is 9.59 Å². The lowest BCUT2D eigenvalue weighted by atomic mass is 10.1. The highest BCUT2D eigenvalue weighted by Crippen LogP contribution is 2.26. The Morgan fingerprint density at radius 3 is 3.00 bits per heavy atom. The minimum Gasteiger partial charge on any atom is -0.493 e. The molecule has 2 heterocycles. The smallest absolute Gasteiger partial charge is 0.244 e. The maximum absolute atomic E-state index is 12.0. The van der Waals surface area contributed by atoms with Crippen molar-refractivity contribution in [3.8, 4) is 5.75 Å². The first-order chi connectivity index (χ1) is 12.1. The van der Waals surface area contributed by atoms with E-state index in [1.54, 1.807) is 31.4 Å². The van der Waals surface area contributed by atoms with Crippen molar-refractivity contribution in [1.29, 1.82) is 0 Å². The van der Waals surface area contributed by atoms with Gasteiger partial charge in [-0.1, -0.05) is 6.07 Å². The second-order valence-corrected chi connectivity index (χ2v) is 5.83. The fourth-order valence-corrected chi connectivity index (χ4v) is 2.55. The van der Waals surface area contributed by atoms with Gasteiger partial charge in [-0.25, -0.2) is 0 Å². The number of hydrogen-bond acceptors (Lipinski definition) is 4. The molecule has 0 saturated carbocycles. The molecular formula is C19H20N2O4. The zero-order chi connectivity index (χ0) is 17.6. The van der Waals surface area contributed by atoms with Gasteiger partial charge in [0.1, 0.15) is 17.6 Å². The van der Waals surface area contributed by atoms with Crippen molar-refractivity contribution in [2.24, 2.45) is 0 Å². The third-order valence-electron chi connectivity index (χ3n) is 3.91. The fourth-order valence-electron chi connectivity index (χ4n) is 2.55. The molecule has 2 N–H and O–H groups in total. The molecule has 6 nitrogen and oxygen atoms in total. The Morgan fingerprint density at radius 1 is 1.32 bits per heavy atom. The van der Waals surface area contributed by atoms with Crippen molar-refractivity contribution >= 4 is 17.9 Å². The number of benzene rings is 1. The fraction of sp³-hybridized carbons (Fsp3) is 0.263. The Morgan fingerprint density at radius 2 is 2.20 bits per heavy atom. The molecule has 0 spiro atoms. The standard InChI is InChI=1S/C19H20N2O4/c1-13(19(23)20-12-16-3-2-9-24-16)21-18(22)7-5-14-4-6-17-15(11-14)8-10-25-17/h2-7,9,11,13H,8,10,12H2,1H3,(H,20,23)(H,21,22). The highest BCUT2D eigenvalue weighted by atomic mass is 16.5. The molecule has 0 fully saturated rings. The maximum Gasteiger partial charge on any atom is 0.244 e. The molecule has 25 heavy (non-hydrogen) atoms. The molecule has 1 unspecified atom stereocenters. The van der Waals surface area contributed by atoms with Crippen LogP contribution in [0.3, 0.4) is 0 Å². The quantitative estimate of drug-likeness (QED) is 0.789. The van der Waals surface area contributed by atoms with Crippen molar-refractivity contribution in [3.05, 3.63) is 59.6 Å². The Labute approximate surface area is 145 Å². The van der Waals surface area contributed by atoms with Crippen molar-refractivity contribution in [1.82, 2.24) is 10.6 Å². The number of fused-ring (bicyclic) bond motifs is 1. The summed E-state index contributed by atoms with van der Waals surface area (Å²) in [5.74, 6) is 0.973. The zero-order valence-electron chi connectivity index (χ0n) is 14.0. The molecule has 1 atom stereocenters. The zero-order valence-corrected chi connectivity index (χ0v) is 14.0. The number of rotatable bonds is 6. The van der Waals surface area contributed by atoms with Crippen LogP contribution in [0.2, 0.25) is 0 Å². The number of nitrogens with one attached hydrogen (secondary N) is 2. The maximum atomic E-state index is 12.0. The van der Waals surface area contributed by atoms with E-state index in [-0.39, 0.29) is 11.8 Å². The number of carbonyl (C=O) groups excluding carboxylic acids is 2. The summed E-state index contributed by atoms with van der Waals surface area (Å²) in [6.45, 7) is 2.63. The summed E-state index contributed by atoms with van der Waals surface area (Å²) in [7, 11) is 0. The van der Waals surface area contributed by atoms with Gasteiger partial charge in [0.25, 0.3) is 0 Å². The molecule has 1 aromatic carbocycles. The minimum absolute atomic E-state index is 0.271. The van der Waals surface area contributed by atoms with Crippen LogP contribution in [0.15, 0.2) is 47.1 Å². The summed E-state index contributed by atoms with van der Waals surface area (Å²) in [5, 5.41) is 5.35. The van der Waals surface area contributed by atoms with Crippen LogP contribution >= 0.6 is 0 Å². The Hall–Kier alpha value is -3.02. The molecule has 1 aromatic heterocycles. The highest BCUT2D eigenvalue weighted by Gasteiger charge is 2.14. The molecule has 2 amide bonds. The highest BCUT2D eigenvalue weighted by molar-refractivity contribution is 5.95. The van der Waals surface area contributed by atoms with Gasteiger partial charge in [-0.05, 0) is 48.4 Å². The average molecular weight is 340 g/mol. The number of carbonyl (C=O) groups is 2. The van der Waals surface area contributed by atoms with Crippen LogP contribution in [0.4, 0.5) is 0 Å². The van der Waals surface area contributed by atoms with E-state index in [2.05, 4.69) is 10.6 Å². The molecule has 1 aliphatic rings. The summed E-state index contributed by atoms with van der Waals surface area (Å²) in [5.41, 5.74) is 2.07. The predicted octanol–water partition coefficient (Wildman–Crippen LogP) is 2.05. The van der Waals surface area contributed by atoms with Crippen LogP contribution < -0.4 is 15.4 Å². The van der Waals surface area contributed by atoms with Crippen LogP contribution in [-0.4, -0.2) is 24.5 Å². The average Bonchev–Trinajstić information content (AvgIpc) is 3.28. The summed E-state index contributed by atoms with van der Waals surface area (Å²) >= 11 is 0. The molecule has 0 bridgehead atoms. The van der Waals surface area contributed by atoms with Gasteiger partial charge < -0.3 is 19.8 Å². The van der Waals surface area contributed by atoms with Crippen LogP contribution in [-0.2, 0) is 22.6 Å². The largest absolute Gasteiger partial charge is 0.493 e. The van der Waals surface area contributed by atoms with E-state index in [9.17, 15) is 9.59 Å². The Kier molecular flexibility index (Phi) is 5.18. The summed E-state index contributed by atoms with van der Waals surface area (Å²) in [4.78, 5) is 23.9. The minimum atomic E-state index is -0.638. The molecule has 0 aliphatic carbocycles. The summed E-state index contributed by atoms with van der Waals surface area (Å²) in [6, 6.07) is 8.70. The van der Waals surface area contributed by atoms with Crippen LogP contribution in [0.25, 0.3) is 6.08 Å². The van der Waals surface area contributed by atoms with Gasteiger partial charge in [-0.15, -0.1) is 0 Å². The van der Waals surface area contributed by atoms with E-state index in [0.29, 0.717) is 18.9 Å². The number of furan rings is 1. The monoisotopic (exact) mass is 340 g/mol. The normalized spacial score (nSPS) is 14.0. The molecule has 2 aromatic rings. The van der Waals surface area contributed by atoms with Crippen LogP contribution in [0.5, 0.6) is 5.75 Å². The van der Waals surface area contributed by atoms with E-state index in [4.69, 9.17) is 9.15 Å². The molecule has 0 radical (unpaired) electrons. The van der Waals surface area contributed by atoms with Gasteiger partial charge in [0.15, 0.2) is 0 Å². The third kappa shape index (κ3) is 4.50.